The van der Waals surface area contributed by atoms with Crippen molar-refractivity contribution in [3.8, 4) is 6.07 Å². The van der Waals surface area contributed by atoms with E-state index in [-0.39, 0.29) is 35.9 Å². The van der Waals surface area contributed by atoms with Crippen molar-refractivity contribution in [2.45, 2.75) is 42.2 Å². The molecule has 1 amide bonds. The summed E-state index contributed by atoms with van der Waals surface area (Å²) in [4.78, 5) is 16.8. The molecular weight excluding hydrogens is 553 g/mol. The monoisotopic (exact) mass is 569 g/mol. The Morgan fingerprint density at radius 2 is 1.61 bits per heavy atom. The quantitative estimate of drug-likeness (QED) is 0.385. The number of rotatable bonds is 6. The maximum atomic E-state index is 14.2. The van der Waals surface area contributed by atoms with Gasteiger partial charge in [0.25, 0.3) is 5.60 Å². The molecule has 0 spiro atoms. The highest BCUT2D eigenvalue weighted by Gasteiger charge is 2.63. The molecule has 2 unspecified atom stereocenters. The summed E-state index contributed by atoms with van der Waals surface area (Å²) < 4.78 is 122. The number of carbonyl (C=O) groups is 1. The van der Waals surface area contributed by atoms with E-state index in [4.69, 9.17) is 5.26 Å². The van der Waals surface area contributed by atoms with E-state index in [1.54, 1.807) is 6.26 Å². The summed E-state index contributed by atoms with van der Waals surface area (Å²) in [5.41, 5.74) is -9.01. The summed E-state index contributed by atoms with van der Waals surface area (Å²) in [5.74, 6) is -0.491. The van der Waals surface area contributed by atoms with Crippen LogP contribution in [0.15, 0.2) is 47.6 Å². The van der Waals surface area contributed by atoms with Gasteiger partial charge in [0, 0.05) is 17.7 Å². The topological polar surface area (TPSA) is 74.5 Å². The normalized spacial score (nSPS) is 18.8. The SMILES string of the molecule is CSC(CC#N)C(=O)Nc1ccc(C2=NOC(c3cc(C(F)(F)F)cc(C(F)(F)F)c3)(C(F)(F)F)C2)cc1. The number of alkyl halides is 9. The van der Waals surface area contributed by atoms with Gasteiger partial charge < -0.3 is 10.2 Å². The minimum Gasteiger partial charge on any atom is -0.374 e. The van der Waals surface area contributed by atoms with Crippen LogP contribution in [0, 0.1) is 11.3 Å². The number of anilines is 1. The van der Waals surface area contributed by atoms with Crippen molar-refractivity contribution in [3.63, 3.8) is 0 Å². The van der Waals surface area contributed by atoms with Crippen LogP contribution >= 0.6 is 11.8 Å². The highest BCUT2D eigenvalue weighted by Crippen LogP contribution is 2.50. The second kappa shape index (κ2) is 10.4. The number of nitrogens with one attached hydrogen (secondary N) is 1. The van der Waals surface area contributed by atoms with Gasteiger partial charge in [0.05, 0.1) is 34.6 Å². The van der Waals surface area contributed by atoms with Crippen molar-refractivity contribution in [2.75, 3.05) is 11.6 Å². The summed E-state index contributed by atoms with van der Waals surface area (Å²) in [5, 5.41) is 14.0. The summed E-state index contributed by atoms with van der Waals surface area (Å²) in [6.45, 7) is 0. The zero-order chi connectivity index (χ0) is 28.5. The second-order valence-electron chi connectivity index (χ2n) is 8.08. The van der Waals surface area contributed by atoms with Gasteiger partial charge in [-0.2, -0.15) is 56.5 Å². The van der Waals surface area contributed by atoms with E-state index in [2.05, 4.69) is 15.3 Å². The number of nitrogens with zero attached hydrogens (tertiary/aromatic N) is 2. The molecule has 5 nitrogen and oxygen atoms in total. The molecule has 15 heteroatoms. The van der Waals surface area contributed by atoms with Crippen molar-refractivity contribution < 1.29 is 49.1 Å². The van der Waals surface area contributed by atoms with Gasteiger partial charge in [-0.3, -0.25) is 4.79 Å². The minimum atomic E-state index is -5.45. The van der Waals surface area contributed by atoms with Gasteiger partial charge in [0.1, 0.15) is 0 Å². The predicted molar refractivity (Wildman–Crippen MR) is 119 cm³/mol. The minimum absolute atomic E-state index is 0.0237. The molecule has 38 heavy (non-hydrogen) atoms. The number of carbonyl (C=O) groups excluding carboxylic acids is 1. The van der Waals surface area contributed by atoms with E-state index < -0.39 is 64.1 Å². The molecule has 204 valence electrons. The Morgan fingerprint density at radius 3 is 2.05 bits per heavy atom. The Kier molecular flexibility index (Phi) is 7.97. The van der Waals surface area contributed by atoms with Gasteiger partial charge in [-0.1, -0.05) is 17.3 Å². The van der Waals surface area contributed by atoms with Crippen LogP contribution in [-0.4, -0.2) is 29.3 Å². The van der Waals surface area contributed by atoms with Gasteiger partial charge in [0.15, 0.2) is 0 Å². The van der Waals surface area contributed by atoms with Gasteiger partial charge in [-0.05, 0) is 42.2 Å². The van der Waals surface area contributed by atoms with E-state index in [0.717, 1.165) is 11.8 Å². The Bertz CT molecular complexity index is 1230. The Morgan fingerprint density at radius 1 is 1.05 bits per heavy atom. The molecule has 2 atom stereocenters. The lowest BCUT2D eigenvalue weighted by Gasteiger charge is -2.30. The largest absolute Gasteiger partial charge is 0.435 e. The van der Waals surface area contributed by atoms with Gasteiger partial charge in [-0.25, -0.2) is 0 Å². The Labute approximate surface area is 213 Å². The molecule has 0 aliphatic carbocycles. The predicted octanol–water partition coefficient (Wildman–Crippen LogP) is 6.89. The zero-order valence-corrected chi connectivity index (χ0v) is 19.9. The summed E-state index contributed by atoms with van der Waals surface area (Å²) in [7, 11) is 0. The van der Waals surface area contributed by atoms with Crippen LogP contribution in [0.3, 0.4) is 0 Å². The molecule has 0 fully saturated rings. The molecule has 0 radical (unpaired) electrons. The van der Waals surface area contributed by atoms with Crippen LogP contribution in [0.4, 0.5) is 45.2 Å². The van der Waals surface area contributed by atoms with E-state index in [1.165, 1.54) is 24.3 Å². The first-order valence-corrected chi connectivity index (χ1v) is 11.7. The lowest BCUT2D eigenvalue weighted by Crippen LogP contribution is -2.43. The third-order valence-corrected chi connectivity index (χ3v) is 6.53. The standard InChI is InChI=1S/C23H16F9N3O2S/c1-38-18(6-7-33)19(36)34-16-4-2-12(3-5-16)17-11-20(37-35-17,23(30,31)32)13-8-14(21(24,25)26)10-15(9-13)22(27,28)29/h2-5,8-10,18H,6,11H2,1H3,(H,34,36). The summed E-state index contributed by atoms with van der Waals surface area (Å²) in [6, 6.07) is 6.60. The Balaban J connectivity index is 1.95. The molecule has 3 rings (SSSR count). The first-order chi connectivity index (χ1) is 17.5. The molecule has 1 aliphatic rings. The molecule has 1 N–H and O–H groups in total. The van der Waals surface area contributed by atoms with Crippen LogP contribution in [0.5, 0.6) is 0 Å². The highest BCUT2D eigenvalue weighted by molar-refractivity contribution is 7.99. The Hall–Kier alpha value is -3.41. The van der Waals surface area contributed by atoms with Crippen LogP contribution < -0.4 is 5.32 Å². The maximum Gasteiger partial charge on any atom is 0.435 e. The van der Waals surface area contributed by atoms with Crippen molar-refractivity contribution >= 4 is 29.1 Å². The number of thioether (sulfide) groups is 1. The molecule has 1 heterocycles. The molecule has 1 aliphatic heterocycles. The average Bonchev–Trinajstić information content (AvgIpc) is 3.28. The smallest absolute Gasteiger partial charge is 0.374 e. The van der Waals surface area contributed by atoms with Crippen LogP contribution in [0.2, 0.25) is 0 Å². The third-order valence-electron chi connectivity index (χ3n) is 5.58. The number of nitriles is 1. The van der Waals surface area contributed by atoms with Gasteiger partial charge in [-0.15, -0.1) is 0 Å². The number of amides is 1. The van der Waals surface area contributed by atoms with Gasteiger partial charge >= 0.3 is 18.5 Å². The first-order valence-electron chi connectivity index (χ1n) is 10.4. The van der Waals surface area contributed by atoms with Gasteiger partial charge in [0.2, 0.25) is 5.91 Å². The fourth-order valence-electron chi connectivity index (χ4n) is 3.58. The zero-order valence-electron chi connectivity index (χ0n) is 19.1. The molecule has 0 saturated carbocycles. The average molecular weight is 569 g/mol. The van der Waals surface area contributed by atoms with Crippen LogP contribution in [-0.2, 0) is 27.6 Å². The number of oxime groups is 1. The fourth-order valence-corrected chi connectivity index (χ4v) is 4.10. The second-order valence-corrected chi connectivity index (χ2v) is 9.12. The maximum absolute atomic E-state index is 14.2. The summed E-state index contributed by atoms with van der Waals surface area (Å²) >= 11 is 1.13. The third kappa shape index (κ3) is 6.01. The number of hydrogen-bond donors (Lipinski definition) is 1. The van der Waals surface area contributed by atoms with Crippen molar-refractivity contribution in [1.82, 2.24) is 0 Å². The molecule has 2 aromatic rings. The first kappa shape index (κ1) is 29.2. The number of benzene rings is 2. The van der Waals surface area contributed by atoms with Crippen molar-refractivity contribution in [3.05, 3.63) is 64.7 Å². The molecular formula is C23H16F9N3O2S. The summed E-state index contributed by atoms with van der Waals surface area (Å²) in [6.07, 6.45) is -15.8. The lowest BCUT2D eigenvalue weighted by atomic mass is 9.84. The molecule has 0 saturated heterocycles. The van der Waals surface area contributed by atoms with E-state index >= 15 is 0 Å². The number of hydrogen-bond acceptors (Lipinski definition) is 5. The molecule has 2 aromatic carbocycles. The van der Waals surface area contributed by atoms with E-state index in [0.29, 0.717) is 0 Å². The van der Waals surface area contributed by atoms with Crippen LogP contribution in [0.1, 0.15) is 35.1 Å². The number of halogens is 9. The highest BCUT2D eigenvalue weighted by atomic mass is 32.2. The van der Waals surface area contributed by atoms with Crippen LogP contribution in [0.25, 0.3) is 0 Å². The lowest BCUT2D eigenvalue weighted by molar-refractivity contribution is -0.276. The fraction of sp³-hybridized carbons (Fsp3) is 0.348. The van der Waals surface area contributed by atoms with E-state index in [9.17, 15) is 44.3 Å². The molecule has 0 aromatic heterocycles. The van der Waals surface area contributed by atoms with Crippen molar-refractivity contribution in [1.29, 1.82) is 5.26 Å². The van der Waals surface area contributed by atoms with E-state index in [1.807, 2.05) is 6.07 Å². The molecule has 0 bridgehead atoms. The van der Waals surface area contributed by atoms with Crippen molar-refractivity contribution in [2.24, 2.45) is 5.16 Å².